The van der Waals surface area contributed by atoms with Crippen molar-refractivity contribution in [2.24, 2.45) is 11.8 Å². The van der Waals surface area contributed by atoms with Crippen LogP contribution in [-0.2, 0) is 9.59 Å². The SMILES string of the molecule is O=C1C2CC2C(=O)N1c1ccc(Br)c(Cl)c1. The molecule has 0 bridgehead atoms. The second-order valence-electron chi connectivity index (χ2n) is 4.06. The Morgan fingerprint density at radius 2 is 1.88 bits per heavy atom. The Labute approximate surface area is 105 Å². The van der Waals surface area contributed by atoms with Gasteiger partial charge in [0.15, 0.2) is 0 Å². The van der Waals surface area contributed by atoms with E-state index in [2.05, 4.69) is 15.9 Å². The Hall–Kier alpha value is -0.870. The van der Waals surface area contributed by atoms with Crippen LogP contribution in [0.2, 0.25) is 5.02 Å². The third-order valence-electron chi connectivity index (χ3n) is 3.03. The van der Waals surface area contributed by atoms with E-state index in [1.54, 1.807) is 18.2 Å². The minimum Gasteiger partial charge on any atom is -0.274 e. The first-order valence-corrected chi connectivity index (χ1v) is 6.09. The summed E-state index contributed by atoms with van der Waals surface area (Å²) in [4.78, 5) is 24.9. The van der Waals surface area contributed by atoms with E-state index in [-0.39, 0.29) is 23.7 Å². The maximum Gasteiger partial charge on any atom is 0.237 e. The highest BCUT2D eigenvalue weighted by Crippen LogP contribution is 2.48. The molecule has 2 fully saturated rings. The minimum absolute atomic E-state index is 0.0741. The van der Waals surface area contributed by atoms with Crippen molar-refractivity contribution in [3.8, 4) is 0 Å². The molecule has 1 heterocycles. The van der Waals surface area contributed by atoms with Crippen molar-refractivity contribution in [3.63, 3.8) is 0 Å². The number of fused-ring (bicyclic) bond motifs is 1. The second kappa shape index (κ2) is 3.31. The number of imide groups is 1. The number of anilines is 1. The third kappa shape index (κ3) is 1.33. The van der Waals surface area contributed by atoms with Gasteiger partial charge in [0.1, 0.15) is 0 Å². The molecule has 3 nitrogen and oxygen atoms in total. The summed E-state index contributed by atoms with van der Waals surface area (Å²) < 4.78 is 0.752. The highest BCUT2D eigenvalue weighted by molar-refractivity contribution is 9.10. The highest BCUT2D eigenvalue weighted by Gasteiger charge is 2.59. The molecule has 0 N–H and O–H groups in total. The largest absolute Gasteiger partial charge is 0.274 e. The van der Waals surface area contributed by atoms with Crippen LogP contribution in [0.4, 0.5) is 5.69 Å². The molecule has 16 heavy (non-hydrogen) atoms. The van der Waals surface area contributed by atoms with Crippen LogP contribution < -0.4 is 4.90 Å². The van der Waals surface area contributed by atoms with Crippen LogP contribution in [0.1, 0.15) is 6.42 Å². The van der Waals surface area contributed by atoms with Crippen molar-refractivity contribution in [2.75, 3.05) is 4.90 Å². The van der Waals surface area contributed by atoms with Crippen LogP contribution in [0.15, 0.2) is 22.7 Å². The number of rotatable bonds is 1. The third-order valence-corrected chi connectivity index (χ3v) is 4.26. The van der Waals surface area contributed by atoms with Crippen molar-refractivity contribution in [1.29, 1.82) is 0 Å². The molecule has 3 rings (SSSR count). The van der Waals surface area contributed by atoms with E-state index >= 15 is 0 Å². The average molecular weight is 301 g/mol. The van der Waals surface area contributed by atoms with Gasteiger partial charge in [-0.25, -0.2) is 0 Å². The molecule has 1 aromatic rings. The Balaban J connectivity index is 2.01. The smallest absolute Gasteiger partial charge is 0.237 e. The van der Waals surface area contributed by atoms with Gasteiger partial charge in [-0.15, -0.1) is 0 Å². The molecule has 2 unspecified atom stereocenters. The summed E-state index contributed by atoms with van der Waals surface area (Å²) >= 11 is 9.21. The standard InChI is InChI=1S/C11H7BrClNO2/c12-8-2-1-5(3-9(8)13)14-10(15)6-4-7(6)11(14)16/h1-3,6-7H,4H2. The molecule has 1 saturated carbocycles. The zero-order valence-electron chi connectivity index (χ0n) is 8.11. The van der Waals surface area contributed by atoms with Gasteiger partial charge in [-0.05, 0) is 40.5 Å². The van der Waals surface area contributed by atoms with Gasteiger partial charge in [0.05, 0.1) is 22.5 Å². The lowest BCUT2D eigenvalue weighted by atomic mass is 10.2. The van der Waals surface area contributed by atoms with Gasteiger partial charge < -0.3 is 0 Å². The van der Waals surface area contributed by atoms with E-state index in [9.17, 15) is 9.59 Å². The lowest BCUT2D eigenvalue weighted by Crippen LogP contribution is -2.32. The van der Waals surface area contributed by atoms with Gasteiger partial charge in [-0.2, -0.15) is 0 Å². The normalized spacial score (nSPS) is 27.2. The van der Waals surface area contributed by atoms with E-state index in [0.717, 1.165) is 10.9 Å². The summed E-state index contributed by atoms with van der Waals surface area (Å²) in [5.41, 5.74) is 0.565. The Morgan fingerprint density at radius 1 is 1.25 bits per heavy atom. The molecule has 1 saturated heterocycles. The maximum absolute atomic E-state index is 11.8. The van der Waals surface area contributed by atoms with Crippen molar-refractivity contribution < 1.29 is 9.59 Å². The van der Waals surface area contributed by atoms with Crippen LogP contribution in [0, 0.1) is 11.8 Å². The molecule has 2 atom stereocenters. The van der Waals surface area contributed by atoms with Crippen LogP contribution in [-0.4, -0.2) is 11.8 Å². The number of nitrogens with zero attached hydrogens (tertiary/aromatic N) is 1. The van der Waals surface area contributed by atoms with Gasteiger partial charge in [0.25, 0.3) is 0 Å². The van der Waals surface area contributed by atoms with E-state index in [4.69, 9.17) is 11.6 Å². The number of amides is 2. The summed E-state index contributed by atoms with van der Waals surface area (Å²) in [6, 6.07) is 5.09. The number of carbonyl (C=O) groups is 2. The first-order chi connectivity index (χ1) is 7.59. The predicted molar refractivity (Wildman–Crippen MR) is 63.2 cm³/mol. The van der Waals surface area contributed by atoms with E-state index in [0.29, 0.717) is 10.7 Å². The highest BCUT2D eigenvalue weighted by atomic mass is 79.9. The number of carbonyl (C=O) groups excluding carboxylic acids is 2. The van der Waals surface area contributed by atoms with Crippen LogP contribution in [0.5, 0.6) is 0 Å². The molecule has 5 heteroatoms. The summed E-state index contributed by atoms with van der Waals surface area (Å²) in [6.45, 7) is 0. The number of halogens is 2. The predicted octanol–water partition coefficient (Wildman–Crippen LogP) is 2.61. The summed E-state index contributed by atoms with van der Waals surface area (Å²) in [7, 11) is 0. The lowest BCUT2D eigenvalue weighted by Gasteiger charge is -2.16. The number of hydrogen-bond donors (Lipinski definition) is 0. The summed E-state index contributed by atoms with van der Waals surface area (Å²) in [5.74, 6) is -0.327. The molecule has 1 aliphatic heterocycles. The monoisotopic (exact) mass is 299 g/mol. The van der Waals surface area contributed by atoms with E-state index in [1.807, 2.05) is 0 Å². The fourth-order valence-electron chi connectivity index (χ4n) is 2.06. The fraction of sp³-hybridized carbons (Fsp3) is 0.273. The number of benzene rings is 1. The molecular formula is C11H7BrClNO2. The average Bonchev–Trinajstić information content (AvgIpc) is 2.98. The maximum atomic E-state index is 11.8. The van der Waals surface area contributed by atoms with Crippen LogP contribution in [0.25, 0.3) is 0 Å². The van der Waals surface area contributed by atoms with Crippen molar-refractivity contribution in [1.82, 2.24) is 0 Å². The van der Waals surface area contributed by atoms with Crippen LogP contribution >= 0.6 is 27.5 Å². The molecule has 2 amide bonds. The van der Waals surface area contributed by atoms with Crippen molar-refractivity contribution in [3.05, 3.63) is 27.7 Å². The van der Waals surface area contributed by atoms with Gasteiger partial charge in [-0.1, -0.05) is 11.6 Å². The Kier molecular flexibility index (Phi) is 2.13. The molecule has 1 aromatic carbocycles. The zero-order chi connectivity index (χ0) is 11.4. The fourth-order valence-corrected chi connectivity index (χ4v) is 2.48. The lowest BCUT2D eigenvalue weighted by molar-refractivity contribution is -0.123. The number of piperidine rings is 1. The van der Waals surface area contributed by atoms with E-state index < -0.39 is 0 Å². The first-order valence-electron chi connectivity index (χ1n) is 4.92. The van der Waals surface area contributed by atoms with Crippen molar-refractivity contribution >= 4 is 45.0 Å². The first kappa shape index (κ1) is 10.3. The zero-order valence-corrected chi connectivity index (χ0v) is 10.5. The Morgan fingerprint density at radius 3 is 2.44 bits per heavy atom. The molecule has 1 aliphatic carbocycles. The second-order valence-corrected chi connectivity index (χ2v) is 5.32. The molecule has 0 aromatic heterocycles. The van der Waals surface area contributed by atoms with E-state index in [1.165, 1.54) is 4.90 Å². The van der Waals surface area contributed by atoms with Gasteiger partial charge in [0.2, 0.25) is 11.8 Å². The summed E-state index contributed by atoms with van der Waals surface area (Å²) in [6.07, 6.45) is 0.721. The van der Waals surface area contributed by atoms with Gasteiger partial charge in [0, 0.05) is 4.47 Å². The summed E-state index contributed by atoms with van der Waals surface area (Å²) in [5, 5.41) is 0.499. The van der Waals surface area contributed by atoms with Gasteiger partial charge in [-0.3, -0.25) is 14.5 Å². The Bertz CT molecular complexity index is 497. The molecule has 0 radical (unpaired) electrons. The molecule has 2 aliphatic rings. The van der Waals surface area contributed by atoms with Crippen LogP contribution in [0.3, 0.4) is 0 Å². The van der Waals surface area contributed by atoms with Crippen molar-refractivity contribution in [2.45, 2.75) is 6.42 Å². The topological polar surface area (TPSA) is 37.4 Å². The van der Waals surface area contributed by atoms with Gasteiger partial charge >= 0.3 is 0 Å². The molecule has 0 spiro atoms. The number of hydrogen-bond acceptors (Lipinski definition) is 2. The quantitative estimate of drug-likeness (QED) is 0.748. The molecular weight excluding hydrogens is 293 g/mol. The molecule has 82 valence electrons. The minimum atomic E-state index is -0.0895.